The number of rotatable bonds is 5. The Morgan fingerprint density at radius 3 is 1.31 bits per heavy atom. The Kier molecular flexibility index (Phi) is 4.83. The van der Waals surface area contributed by atoms with Gasteiger partial charge in [0.1, 0.15) is 0 Å². The minimum Gasteiger partial charge on any atom is -0.200 e. The van der Waals surface area contributed by atoms with E-state index in [1.54, 1.807) is 0 Å². The summed E-state index contributed by atoms with van der Waals surface area (Å²) in [5, 5.41) is 0. The lowest BCUT2D eigenvalue weighted by Crippen LogP contribution is -2.34. The lowest BCUT2D eigenvalue weighted by Gasteiger charge is -2.03. The van der Waals surface area contributed by atoms with Gasteiger partial charge in [-0.15, -0.1) is 0 Å². The van der Waals surface area contributed by atoms with Crippen molar-refractivity contribution in [1.82, 2.24) is 0 Å². The summed E-state index contributed by atoms with van der Waals surface area (Å²) in [6.07, 6.45) is 8.68. The summed E-state index contributed by atoms with van der Waals surface area (Å²) < 4.78 is 4.47. The molecule has 2 aromatic heterocycles. The fourth-order valence-corrected chi connectivity index (χ4v) is 3.17. The number of benzene rings is 2. The molecule has 26 heavy (non-hydrogen) atoms. The molecule has 0 unspecified atom stereocenters. The van der Waals surface area contributed by atoms with Gasteiger partial charge in [0.2, 0.25) is 0 Å². The van der Waals surface area contributed by atoms with Gasteiger partial charge in [-0.1, -0.05) is 60.7 Å². The Bertz CT molecular complexity index is 896. The summed E-state index contributed by atoms with van der Waals surface area (Å²) in [7, 11) is 0. The molecule has 4 rings (SSSR count). The van der Waals surface area contributed by atoms with E-state index in [1.165, 1.54) is 22.3 Å². The Labute approximate surface area is 154 Å². The molecule has 0 amide bonds. The molecule has 4 aromatic rings. The summed E-state index contributed by atoms with van der Waals surface area (Å²) >= 11 is 0. The summed E-state index contributed by atoms with van der Waals surface area (Å²) in [6.45, 7) is 1.76. The van der Waals surface area contributed by atoms with Crippen LogP contribution >= 0.6 is 0 Å². The van der Waals surface area contributed by atoms with Gasteiger partial charge in [-0.3, -0.25) is 0 Å². The van der Waals surface area contributed by atoms with Gasteiger partial charge in [0.15, 0.2) is 37.9 Å². The molecule has 0 fully saturated rings. The molecule has 126 valence electrons. The Morgan fingerprint density at radius 2 is 0.885 bits per heavy atom. The van der Waals surface area contributed by atoms with Crippen LogP contribution in [-0.2, 0) is 13.1 Å². The van der Waals surface area contributed by atoms with E-state index in [0.717, 1.165) is 13.1 Å². The lowest BCUT2D eigenvalue weighted by atomic mass is 10.1. The molecule has 2 nitrogen and oxygen atoms in total. The van der Waals surface area contributed by atoms with Gasteiger partial charge in [0.25, 0.3) is 0 Å². The second kappa shape index (κ2) is 7.75. The first kappa shape index (κ1) is 16.2. The number of pyridine rings is 2. The van der Waals surface area contributed by atoms with Gasteiger partial charge in [-0.25, -0.2) is 9.13 Å². The third-order valence-corrected chi connectivity index (χ3v) is 4.47. The Hall–Kier alpha value is -3.26. The van der Waals surface area contributed by atoms with Gasteiger partial charge in [0, 0.05) is 23.3 Å². The number of aromatic nitrogens is 2. The molecular formula is C24H22N2+2. The smallest absolute Gasteiger partial charge is 0.177 e. The van der Waals surface area contributed by atoms with Crippen molar-refractivity contribution >= 4 is 0 Å². The third kappa shape index (κ3) is 4.04. The predicted molar refractivity (Wildman–Crippen MR) is 103 cm³/mol. The SMILES string of the molecule is c1ccc(C[n+]2cccc(-c3ccc[n+](Cc4ccccc4)c3)c2)cc1. The van der Waals surface area contributed by atoms with Crippen LogP contribution in [0, 0.1) is 0 Å². The molecule has 0 radical (unpaired) electrons. The van der Waals surface area contributed by atoms with E-state index < -0.39 is 0 Å². The van der Waals surface area contributed by atoms with Crippen LogP contribution in [0.4, 0.5) is 0 Å². The normalized spacial score (nSPS) is 10.6. The molecule has 0 saturated carbocycles. The van der Waals surface area contributed by atoms with Crippen molar-refractivity contribution in [2.24, 2.45) is 0 Å². The highest BCUT2D eigenvalue weighted by Crippen LogP contribution is 2.15. The first-order chi connectivity index (χ1) is 12.9. The number of hydrogen-bond acceptors (Lipinski definition) is 0. The monoisotopic (exact) mass is 338 g/mol. The van der Waals surface area contributed by atoms with Crippen LogP contribution in [0.15, 0.2) is 110 Å². The first-order valence-electron chi connectivity index (χ1n) is 8.93. The van der Waals surface area contributed by atoms with Crippen molar-refractivity contribution in [1.29, 1.82) is 0 Å². The number of nitrogens with zero attached hydrogens (tertiary/aromatic N) is 2. The largest absolute Gasteiger partial charge is 0.200 e. The van der Waals surface area contributed by atoms with Crippen LogP contribution in [0.2, 0.25) is 0 Å². The van der Waals surface area contributed by atoms with Crippen LogP contribution in [0.1, 0.15) is 11.1 Å². The van der Waals surface area contributed by atoms with E-state index in [1.807, 2.05) is 0 Å². The standard InChI is InChI=1S/C24H22N2/c1-3-9-21(10-4-1)17-25-15-7-13-23(19-25)24-14-8-16-26(20-24)18-22-11-5-2-6-12-22/h1-16,19-20H,17-18H2/q+2. The van der Waals surface area contributed by atoms with Crippen molar-refractivity contribution < 1.29 is 9.13 Å². The summed E-state index contributed by atoms with van der Waals surface area (Å²) in [6, 6.07) is 29.7. The van der Waals surface area contributed by atoms with Crippen LogP contribution in [0.5, 0.6) is 0 Å². The van der Waals surface area contributed by atoms with Crippen molar-refractivity contribution in [3.63, 3.8) is 0 Å². The molecule has 0 N–H and O–H groups in total. The van der Waals surface area contributed by atoms with Crippen molar-refractivity contribution in [3.05, 3.63) is 121 Å². The Morgan fingerprint density at radius 1 is 0.462 bits per heavy atom. The zero-order valence-corrected chi connectivity index (χ0v) is 14.7. The lowest BCUT2D eigenvalue weighted by molar-refractivity contribution is -0.689. The molecule has 2 heterocycles. The summed E-state index contributed by atoms with van der Waals surface area (Å²) in [5.41, 5.74) is 5.07. The average Bonchev–Trinajstić information content (AvgIpc) is 2.70. The quantitative estimate of drug-likeness (QED) is 0.486. The maximum atomic E-state index is 2.24. The van der Waals surface area contributed by atoms with E-state index in [-0.39, 0.29) is 0 Å². The molecule has 0 aliphatic heterocycles. The highest BCUT2D eigenvalue weighted by Gasteiger charge is 2.10. The Balaban J connectivity index is 1.57. The van der Waals surface area contributed by atoms with E-state index >= 15 is 0 Å². The van der Waals surface area contributed by atoms with Crippen molar-refractivity contribution in [2.75, 3.05) is 0 Å². The van der Waals surface area contributed by atoms with E-state index in [2.05, 4.69) is 119 Å². The van der Waals surface area contributed by atoms with E-state index in [9.17, 15) is 0 Å². The molecule has 0 bridgehead atoms. The third-order valence-electron chi connectivity index (χ3n) is 4.47. The van der Waals surface area contributed by atoms with Crippen LogP contribution in [-0.4, -0.2) is 0 Å². The second-order valence-electron chi connectivity index (χ2n) is 6.50. The summed E-state index contributed by atoms with van der Waals surface area (Å²) in [4.78, 5) is 0. The predicted octanol–water partition coefficient (Wildman–Crippen LogP) is 4.03. The fourth-order valence-electron chi connectivity index (χ4n) is 3.17. The average molecular weight is 338 g/mol. The minimum absolute atomic E-state index is 0.880. The van der Waals surface area contributed by atoms with Gasteiger partial charge in [0.05, 0.1) is 11.1 Å². The highest BCUT2D eigenvalue weighted by atomic mass is 14.9. The second-order valence-corrected chi connectivity index (χ2v) is 6.50. The van der Waals surface area contributed by atoms with E-state index in [4.69, 9.17) is 0 Å². The molecule has 2 aromatic carbocycles. The molecule has 0 aliphatic carbocycles. The molecule has 0 aliphatic rings. The zero-order chi connectivity index (χ0) is 17.6. The molecule has 0 saturated heterocycles. The molecule has 2 heteroatoms. The molecular weight excluding hydrogens is 316 g/mol. The van der Waals surface area contributed by atoms with Crippen molar-refractivity contribution in [2.45, 2.75) is 13.1 Å². The van der Waals surface area contributed by atoms with Crippen LogP contribution in [0.25, 0.3) is 11.1 Å². The van der Waals surface area contributed by atoms with Gasteiger partial charge in [-0.2, -0.15) is 0 Å². The molecule has 0 spiro atoms. The number of hydrogen-bond donors (Lipinski definition) is 0. The topological polar surface area (TPSA) is 7.76 Å². The zero-order valence-electron chi connectivity index (χ0n) is 14.7. The summed E-state index contributed by atoms with van der Waals surface area (Å²) in [5.74, 6) is 0. The van der Waals surface area contributed by atoms with Crippen molar-refractivity contribution in [3.8, 4) is 11.1 Å². The van der Waals surface area contributed by atoms with E-state index in [0.29, 0.717) is 0 Å². The van der Waals surface area contributed by atoms with Gasteiger partial charge < -0.3 is 0 Å². The highest BCUT2D eigenvalue weighted by molar-refractivity contribution is 5.59. The minimum atomic E-state index is 0.880. The fraction of sp³-hybridized carbons (Fsp3) is 0.0833. The van der Waals surface area contributed by atoms with Gasteiger partial charge in [-0.05, 0) is 12.1 Å². The van der Waals surface area contributed by atoms with Crippen LogP contribution < -0.4 is 9.13 Å². The first-order valence-corrected chi connectivity index (χ1v) is 8.93. The maximum absolute atomic E-state index is 2.24. The van der Waals surface area contributed by atoms with Crippen LogP contribution in [0.3, 0.4) is 0 Å². The van der Waals surface area contributed by atoms with Gasteiger partial charge >= 0.3 is 0 Å². The molecule has 0 atom stereocenters. The maximum Gasteiger partial charge on any atom is 0.177 e.